The summed E-state index contributed by atoms with van der Waals surface area (Å²) in [5, 5.41) is 6.42. The van der Waals surface area contributed by atoms with Gasteiger partial charge in [0.2, 0.25) is 5.91 Å². The van der Waals surface area contributed by atoms with Crippen LogP contribution in [0.3, 0.4) is 0 Å². The zero-order valence-corrected chi connectivity index (χ0v) is 13.1. The van der Waals surface area contributed by atoms with Crippen LogP contribution in [0, 0.1) is 0 Å². The van der Waals surface area contributed by atoms with Crippen LogP contribution in [-0.2, 0) is 17.8 Å². The molecule has 1 unspecified atom stereocenters. The molecule has 1 aliphatic rings. The molecule has 2 N–H and O–H groups in total. The molecule has 0 radical (unpaired) electrons. The van der Waals surface area contributed by atoms with Crippen LogP contribution in [0.15, 0.2) is 48.5 Å². The quantitative estimate of drug-likeness (QED) is 0.910. The fraction of sp³-hybridized carbons (Fsp3) is 0.316. The molecule has 0 spiro atoms. The molecule has 22 heavy (non-hydrogen) atoms. The Kier molecular flexibility index (Phi) is 4.25. The summed E-state index contributed by atoms with van der Waals surface area (Å²) in [5.41, 5.74) is 4.64. The molecule has 3 nitrogen and oxygen atoms in total. The van der Waals surface area contributed by atoms with Gasteiger partial charge in [0.25, 0.3) is 0 Å². The molecule has 1 atom stereocenters. The van der Waals surface area contributed by atoms with E-state index in [4.69, 9.17) is 0 Å². The van der Waals surface area contributed by atoms with Crippen LogP contribution in [0.5, 0.6) is 0 Å². The van der Waals surface area contributed by atoms with Gasteiger partial charge in [-0.15, -0.1) is 0 Å². The first kappa shape index (κ1) is 14.8. The van der Waals surface area contributed by atoms with E-state index in [9.17, 15) is 4.79 Å². The van der Waals surface area contributed by atoms with E-state index >= 15 is 0 Å². The minimum atomic E-state index is -0.171. The second-order valence-electron chi connectivity index (χ2n) is 6.14. The summed E-state index contributed by atoms with van der Waals surface area (Å²) in [7, 11) is 0. The molecule has 0 fully saturated rings. The van der Waals surface area contributed by atoms with Gasteiger partial charge in [-0.25, -0.2) is 0 Å². The van der Waals surface area contributed by atoms with Gasteiger partial charge in [-0.2, -0.15) is 0 Å². The number of para-hydroxylation sites is 1. The molecular formula is C19H22N2O. The molecule has 3 rings (SSSR count). The number of anilines is 1. The molecule has 2 aromatic rings. The van der Waals surface area contributed by atoms with E-state index in [1.807, 2.05) is 30.3 Å². The maximum absolute atomic E-state index is 12.6. The smallest absolute Gasteiger partial charge is 0.241 e. The van der Waals surface area contributed by atoms with Crippen LogP contribution >= 0.6 is 0 Å². The van der Waals surface area contributed by atoms with Crippen LogP contribution < -0.4 is 10.6 Å². The normalized spacial score (nSPS) is 17.1. The van der Waals surface area contributed by atoms with Crippen molar-refractivity contribution in [2.75, 3.05) is 5.32 Å². The molecule has 0 saturated heterocycles. The number of benzene rings is 2. The van der Waals surface area contributed by atoms with Crippen molar-refractivity contribution in [2.24, 2.45) is 0 Å². The zero-order chi connectivity index (χ0) is 15.5. The van der Waals surface area contributed by atoms with E-state index in [-0.39, 0.29) is 11.9 Å². The van der Waals surface area contributed by atoms with Crippen molar-refractivity contribution in [3.05, 3.63) is 65.2 Å². The number of amides is 1. The predicted molar refractivity (Wildman–Crippen MR) is 89.9 cm³/mol. The highest BCUT2D eigenvalue weighted by Gasteiger charge is 2.24. The van der Waals surface area contributed by atoms with Gasteiger partial charge in [0.05, 0.1) is 6.04 Å². The van der Waals surface area contributed by atoms with Crippen LogP contribution in [0.2, 0.25) is 0 Å². The summed E-state index contributed by atoms with van der Waals surface area (Å²) in [6.45, 7) is 5.03. The Morgan fingerprint density at radius 2 is 1.77 bits per heavy atom. The van der Waals surface area contributed by atoms with Crippen molar-refractivity contribution < 1.29 is 4.79 Å². The number of carbonyl (C=O) groups excluding carboxylic acids is 1. The zero-order valence-electron chi connectivity index (χ0n) is 13.1. The topological polar surface area (TPSA) is 41.1 Å². The van der Waals surface area contributed by atoms with Crippen molar-refractivity contribution >= 4 is 11.6 Å². The molecule has 0 aromatic heterocycles. The average molecular weight is 294 g/mol. The van der Waals surface area contributed by atoms with Gasteiger partial charge >= 0.3 is 0 Å². The first-order valence-corrected chi connectivity index (χ1v) is 7.85. The number of fused-ring (bicyclic) bond motifs is 1. The SMILES string of the molecule is CC(C)c1ccccc1NC(=O)C1Cc2ccccc2CN1. The molecule has 1 heterocycles. The Hall–Kier alpha value is -2.13. The monoisotopic (exact) mass is 294 g/mol. The molecule has 0 saturated carbocycles. The van der Waals surface area contributed by atoms with Crippen molar-refractivity contribution in [2.45, 2.75) is 38.8 Å². The molecule has 3 heteroatoms. The summed E-state index contributed by atoms with van der Waals surface area (Å²) >= 11 is 0. The number of carbonyl (C=O) groups is 1. The standard InChI is InChI=1S/C19H22N2O/c1-13(2)16-9-5-6-10-17(16)21-19(22)18-11-14-7-3-4-8-15(14)12-20-18/h3-10,13,18,20H,11-12H2,1-2H3,(H,21,22). The lowest BCUT2D eigenvalue weighted by Gasteiger charge is -2.26. The number of hydrogen-bond donors (Lipinski definition) is 2. The Morgan fingerprint density at radius 3 is 2.55 bits per heavy atom. The third-order valence-electron chi connectivity index (χ3n) is 4.24. The van der Waals surface area contributed by atoms with Crippen molar-refractivity contribution in [3.8, 4) is 0 Å². The number of rotatable bonds is 3. The lowest BCUT2D eigenvalue weighted by molar-refractivity contribution is -0.118. The van der Waals surface area contributed by atoms with E-state index in [1.165, 1.54) is 16.7 Å². The molecule has 2 aromatic carbocycles. The summed E-state index contributed by atoms with van der Waals surface area (Å²) in [4.78, 5) is 12.6. The lowest BCUT2D eigenvalue weighted by Crippen LogP contribution is -2.44. The van der Waals surface area contributed by atoms with Crippen LogP contribution in [0.4, 0.5) is 5.69 Å². The highest BCUT2D eigenvalue weighted by atomic mass is 16.2. The third-order valence-corrected chi connectivity index (χ3v) is 4.24. The van der Waals surface area contributed by atoms with Gasteiger partial charge in [0, 0.05) is 12.2 Å². The largest absolute Gasteiger partial charge is 0.324 e. The summed E-state index contributed by atoms with van der Waals surface area (Å²) in [5.74, 6) is 0.430. The highest BCUT2D eigenvalue weighted by Crippen LogP contribution is 2.24. The van der Waals surface area contributed by atoms with E-state index in [2.05, 4.69) is 42.7 Å². The summed E-state index contributed by atoms with van der Waals surface area (Å²) < 4.78 is 0. The molecule has 1 amide bonds. The van der Waals surface area contributed by atoms with Crippen LogP contribution in [0.1, 0.15) is 36.5 Å². The Labute approximate surface area is 131 Å². The molecule has 114 valence electrons. The van der Waals surface area contributed by atoms with E-state index in [0.29, 0.717) is 5.92 Å². The second-order valence-corrected chi connectivity index (χ2v) is 6.14. The summed E-state index contributed by atoms with van der Waals surface area (Å²) in [6, 6.07) is 16.2. The number of nitrogens with one attached hydrogen (secondary N) is 2. The Bertz CT molecular complexity index is 679. The van der Waals surface area contributed by atoms with Gasteiger partial charge in [0.15, 0.2) is 0 Å². The Morgan fingerprint density at radius 1 is 1.09 bits per heavy atom. The van der Waals surface area contributed by atoms with Crippen LogP contribution in [0.25, 0.3) is 0 Å². The molecule has 0 aliphatic carbocycles. The first-order chi connectivity index (χ1) is 10.6. The maximum atomic E-state index is 12.6. The first-order valence-electron chi connectivity index (χ1n) is 7.85. The molecular weight excluding hydrogens is 272 g/mol. The van der Waals surface area contributed by atoms with Gasteiger partial charge in [-0.1, -0.05) is 56.3 Å². The fourth-order valence-electron chi connectivity index (χ4n) is 2.97. The van der Waals surface area contributed by atoms with Crippen molar-refractivity contribution in [1.82, 2.24) is 5.32 Å². The van der Waals surface area contributed by atoms with E-state index in [1.54, 1.807) is 0 Å². The van der Waals surface area contributed by atoms with Gasteiger partial charge in [-0.3, -0.25) is 4.79 Å². The number of hydrogen-bond acceptors (Lipinski definition) is 2. The van der Waals surface area contributed by atoms with E-state index in [0.717, 1.165) is 18.7 Å². The second kappa shape index (κ2) is 6.32. The van der Waals surface area contributed by atoms with Gasteiger partial charge in [-0.05, 0) is 35.1 Å². The minimum Gasteiger partial charge on any atom is -0.324 e. The maximum Gasteiger partial charge on any atom is 0.241 e. The fourth-order valence-corrected chi connectivity index (χ4v) is 2.97. The highest BCUT2D eigenvalue weighted by molar-refractivity contribution is 5.96. The molecule has 0 bridgehead atoms. The Balaban J connectivity index is 1.74. The predicted octanol–water partition coefficient (Wildman–Crippen LogP) is 3.46. The lowest BCUT2D eigenvalue weighted by atomic mass is 9.95. The van der Waals surface area contributed by atoms with E-state index < -0.39 is 0 Å². The minimum absolute atomic E-state index is 0.0441. The van der Waals surface area contributed by atoms with Crippen LogP contribution in [-0.4, -0.2) is 11.9 Å². The average Bonchev–Trinajstić information content (AvgIpc) is 2.54. The molecule has 1 aliphatic heterocycles. The van der Waals surface area contributed by atoms with Crippen molar-refractivity contribution in [1.29, 1.82) is 0 Å². The van der Waals surface area contributed by atoms with Gasteiger partial charge in [0.1, 0.15) is 0 Å². The van der Waals surface area contributed by atoms with Crippen molar-refractivity contribution in [3.63, 3.8) is 0 Å². The van der Waals surface area contributed by atoms with Gasteiger partial charge < -0.3 is 10.6 Å². The third kappa shape index (κ3) is 3.04. The summed E-state index contributed by atoms with van der Waals surface area (Å²) in [6.07, 6.45) is 0.742.